The summed E-state index contributed by atoms with van der Waals surface area (Å²) in [4.78, 5) is 21.6. The maximum absolute atomic E-state index is 12.4. The summed E-state index contributed by atoms with van der Waals surface area (Å²) in [6.45, 7) is 6.12. The molecule has 0 radical (unpaired) electrons. The van der Waals surface area contributed by atoms with Gasteiger partial charge in [0.15, 0.2) is 6.61 Å². The first-order valence-electron chi connectivity index (χ1n) is 11.8. The van der Waals surface area contributed by atoms with Gasteiger partial charge >= 0.3 is 13.8 Å². The van der Waals surface area contributed by atoms with E-state index in [1.165, 1.54) is 5.57 Å². The Bertz CT molecular complexity index is 1200. The van der Waals surface area contributed by atoms with Crippen LogP contribution in [0.25, 0.3) is 11.1 Å². The molecule has 36 heavy (non-hydrogen) atoms. The minimum absolute atomic E-state index is 0.130. The van der Waals surface area contributed by atoms with Crippen LogP contribution in [-0.4, -0.2) is 24.1 Å². The molecule has 1 atom stereocenters. The van der Waals surface area contributed by atoms with Gasteiger partial charge in [0.1, 0.15) is 17.2 Å². The topological polar surface area (TPSA) is 91.3 Å². The van der Waals surface area contributed by atoms with Gasteiger partial charge in [-0.25, -0.2) is 9.36 Å². The fourth-order valence-electron chi connectivity index (χ4n) is 3.76. The van der Waals surface area contributed by atoms with E-state index in [1.54, 1.807) is 49.4 Å². The Kier molecular flexibility index (Phi) is 9.74. The lowest BCUT2D eigenvalue weighted by Gasteiger charge is -2.16. The minimum atomic E-state index is -4.33. The number of benzene rings is 3. The lowest BCUT2D eigenvalue weighted by Crippen LogP contribution is -2.14. The Labute approximate surface area is 211 Å². The van der Waals surface area contributed by atoms with E-state index in [0.717, 1.165) is 29.5 Å². The molecule has 0 bridgehead atoms. The highest BCUT2D eigenvalue weighted by molar-refractivity contribution is 7.48. The molecule has 0 heterocycles. The van der Waals surface area contributed by atoms with Gasteiger partial charge in [0.2, 0.25) is 0 Å². The van der Waals surface area contributed by atoms with Crippen molar-refractivity contribution in [3.8, 4) is 17.2 Å². The van der Waals surface area contributed by atoms with Crippen molar-refractivity contribution in [3.63, 3.8) is 0 Å². The van der Waals surface area contributed by atoms with Gasteiger partial charge in [-0.2, -0.15) is 0 Å². The van der Waals surface area contributed by atoms with Crippen molar-refractivity contribution in [3.05, 3.63) is 90.0 Å². The molecule has 0 fully saturated rings. The number of allylic oxidation sites excluding steroid dienone is 2. The second-order valence-corrected chi connectivity index (χ2v) is 9.07. The molecule has 0 aliphatic rings. The van der Waals surface area contributed by atoms with Crippen LogP contribution in [0.1, 0.15) is 44.7 Å². The number of phosphoric acid groups is 1. The molecule has 0 amide bonds. The first kappa shape index (κ1) is 27.1. The Morgan fingerprint density at radius 2 is 1.19 bits per heavy atom. The molecule has 0 aliphatic heterocycles. The van der Waals surface area contributed by atoms with Gasteiger partial charge in [-0.15, -0.1) is 0 Å². The number of phosphoric ester groups is 1. The standard InChI is InChI=1S/C28H31O7P/c1-4-26(21-12-16-23(17-13-21)33-20-28(29)32-6-3)27(5-2)22-14-18-25(19-15-22)35-36(30,31)34-24-10-8-7-9-11-24/h7-19H,4-6,20H2,1-3H3,(H,30,31). The first-order chi connectivity index (χ1) is 17.3. The van der Waals surface area contributed by atoms with Crippen LogP contribution in [0.4, 0.5) is 0 Å². The summed E-state index contributed by atoms with van der Waals surface area (Å²) in [5.74, 6) is 0.673. The SMILES string of the molecule is CCOC(=O)COc1ccc(C(CC)=C(CC)c2ccc(OP(=O)(O)Oc3ccccc3)cc2)cc1. The highest BCUT2D eigenvalue weighted by Crippen LogP contribution is 2.44. The minimum Gasteiger partial charge on any atom is -0.482 e. The zero-order chi connectivity index (χ0) is 26.0. The van der Waals surface area contributed by atoms with Crippen LogP contribution >= 0.6 is 7.82 Å². The van der Waals surface area contributed by atoms with Crippen molar-refractivity contribution >= 4 is 24.9 Å². The molecule has 0 spiro atoms. The molecular weight excluding hydrogens is 479 g/mol. The lowest BCUT2D eigenvalue weighted by atomic mass is 9.91. The van der Waals surface area contributed by atoms with Crippen molar-refractivity contribution in [1.29, 1.82) is 0 Å². The van der Waals surface area contributed by atoms with Crippen LogP contribution < -0.4 is 13.8 Å². The predicted octanol–water partition coefficient (Wildman–Crippen LogP) is 6.92. The third-order valence-corrected chi connectivity index (χ3v) is 6.21. The quantitative estimate of drug-likeness (QED) is 0.161. The summed E-state index contributed by atoms with van der Waals surface area (Å²) >= 11 is 0. The van der Waals surface area contributed by atoms with Crippen LogP contribution in [0.5, 0.6) is 17.2 Å². The smallest absolute Gasteiger partial charge is 0.482 e. The van der Waals surface area contributed by atoms with Gasteiger partial charge < -0.3 is 18.5 Å². The first-order valence-corrected chi connectivity index (χ1v) is 13.3. The maximum atomic E-state index is 12.4. The number of carbonyl (C=O) groups excluding carboxylic acids is 1. The average molecular weight is 511 g/mol. The van der Waals surface area contributed by atoms with Crippen molar-refractivity contribution in [2.75, 3.05) is 13.2 Å². The zero-order valence-electron chi connectivity index (χ0n) is 20.7. The van der Waals surface area contributed by atoms with Crippen molar-refractivity contribution in [2.45, 2.75) is 33.6 Å². The van der Waals surface area contributed by atoms with Crippen LogP contribution in [0.15, 0.2) is 78.9 Å². The molecule has 0 aliphatic carbocycles. The van der Waals surface area contributed by atoms with Crippen molar-refractivity contribution in [1.82, 2.24) is 0 Å². The molecule has 8 heteroatoms. The molecule has 190 valence electrons. The summed E-state index contributed by atoms with van der Waals surface area (Å²) in [5.41, 5.74) is 4.36. The van der Waals surface area contributed by atoms with E-state index in [2.05, 4.69) is 13.8 Å². The largest absolute Gasteiger partial charge is 0.584 e. The molecule has 7 nitrogen and oxygen atoms in total. The number of hydrogen-bond donors (Lipinski definition) is 1. The predicted molar refractivity (Wildman–Crippen MR) is 140 cm³/mol. The molecule has 1 unspecified atom stereocenters. The number of para-hydroxylation sites is 1. The van der Waals surface area contributed by atoms with Crippen LogP contribution in [-0.2, 0) is 14.1 Å². The Morgan fingerprint density at radius 1 is 0.722 bits per heavy atom. The fourth-order valence-corrected chi connectivity index (χ4v) is 4.58. The van der Waals surface area contributed by atoms with Gasteiger partial charge in [-0.05, 0) is 78.4 Å². The summed E-state index contributed by atoms with van der Waals surface area (Å²) in [6.07, 6.45) is 1.60. The van der Waals surface area contributed by atoms with Gasteiger partial charge in [-0.1, -0.05) is 56.3 Å². The molecular formula is C28H31O7P. The van der Waals surface area contributed by atoms with Gasteiger partial charge in [0.25, 0.3) is 0 Å². The van der Waals surface area contributed by atoms with Gasteiger partial charge in [0, 0.05) is 0 Å². The normalized spacial score (nSPS) is 13.2. The van der Waals surface area contributed by atoms with E-state index in [1.807, 2.05) is 36.4 Å². The average Bonchev–Trinajstić information content (AvgIpc) is 2.87. The molecule has 3 aromatic carbocycles. The van der Waals surface area contributed by atoms with E-state index >= 15 is 0 Å². The van der Waals surface area contributed by atoms with Gasteiger partial charge in [-0.3, -0.25) is 4.89 Å². The Balaban J connectivity index is 1.74. The van der Waals surface area contributed by atoms with E-state index in [4.69, 9.17) is 18.5 Å². The molecule has 1 N–H and O–H groups in total. The fraction of sp³-hybridized carbons (Fsp3) is 0.250. The Morgan fingerprint density at radius 3 is 1.67 bits per heavy atom. The molecule has 3 rings (SSSR count). The molecule has 0 aromatic heterocycles. The number of esters is 1. The Hall–Kier alpha value is -3.54. The van der Waals surface area contributed by atoms with Crippen LogP contribution in [0, 0.1) is 0 Å². The zero-order valence-corrected chi connectivity index (χ0v) is 21.6. The monoisotopic (exact) mass is 510 g/mol. The highest BCUT2D eigenvalue weighted by Gasteiger charge is 2.25. The van der Waals surface area contributed by atoms with E-state index in [0.29, 0.717) is 12.4 Å². The third kappa shape index (κ3) is 7.74. The van der Waals surface area contributed by atoms with Crippen molar-refractivity contribution in [2.24, 2.45) is 0 Å². The summed E-state index contributed by atoms with van der Waals surface area (Å²) < 4.78 is 33.1. The maximum Gasteiger partial charge on any atom is 0.584 e. The van der Waals surface area contributed by atoms with E-state index in [-0.39, 0.29) is 18.1 Å². The van der Waals surface area contributed by atoms with Crippen LogP contribution in [0.3, 0.4) is 0 Å². The van der Waals surface area contributed by atoms with E-state index < -0.39 is 13.8 Å². The number of ether oxygens (including phenoxy) is 2. The number of carbonyl (C=O) groups is 1. The second kappa shape index (κ2) is 13.0. The highest BCUT2D eigenvalue weighted by atomic mass is 31.2. The number of hydrogen-bond acceptors (Lipinski definition) is 6. The molecule has 3 aromatic rings. The van der Waals surface area contributed by atoms with Gasteiger partial charge in [0.05, 0.1) is 6.61 Å². The number of rotatable bonds is 12. The molecule has 0 saturated carbocycles. The van der Waals surface area contributed by atoms with E-state index in [9.17, 15) is 14.3 Å². The van der Waals surface area contributed by atoms with Crippen LogP contribution in [0.2, 0.25) is 0 Å². The third-order valence-electron chi connectivity index (χ3n) is 5.32. The lowest BCUT2D eigenvalue weighted by molar-refractivity contribution is -0.145. The summed E-state index contributed by atoms with van der Waals surface area (Å²) in [7, 11) is -4.33. The summed E-state index contributed by atoms with van der Waals surface area (Å²) in [5, 5.41) is 0. The second-order valence-electron chi connectivity index (χ2n) is 7.77. The van der Waals surface area contributed by atoms with Crippen molar-refractivity contribution < 1.29 is 32.8 Å². The molecule has 0 saturated heterocycles. The summed E-state index contributed by atoms with van der Waals surface area (Å²) in [6, 6.07) is 23.0.